The molecule has 0 heterocycles. The average molecular weight is 337 g/mol. The van der Waals surface area contributed by atoms with E-state index in [9.17, 15) is 0 Å². The van der Waals surface area contributed by atoms with Gasteiger partial charge in [0.1, 0.15) is 0 Å². The first-order valence-corrected chi connectivity index (χ1v) is 15.9. The molecule has 1 rings (SSSR count). The van der Waals surface area contributed by atoms with E-state index in [0.29, 0.717) is 5.04 Å². The maximum absolute atomic E-state index is 3.96. The van der Waals surface area contributed by atoms with Gasteiger partial charge in [-0.25, -0.2) is 0 Å². The van der Waals surface area contributed by atoms with Gasteiger partial charge in [-0.2, -0.15) is 0 Å². The zero-order valence-corrected chi connectivity index (χ0v) is 18.2. The second kappa shape index (κ2) is 8.14. The summed E-state index contributed by atoms with van der Waals surface area (Å²) in [5.74, 6) is 0. The van der Waals surface area contributed by atoms with E-state index >= 15 is 0 Å². The van der Waals surface area contributed by atoms with Crippen LogP contribution in [-0.4, -0.2) is 16.1 Å². The number of allylic oxidation sites excluding steroid dienone is 3. The van der Waals surface area contributed by atoms with Crippen molar-refractivity contribution in [3.05, 3.63) is 24.8 Å². The second-order valence-corrected chi connectivity index (χ2v) is 20.2. The molecule has 0 saturated heterocycles. The lowest BCUT2D eigenvalue weighted by Gasteiger charge is -2.39. The summed E-state index contributed by atoms with van der Waals surface area (Å²) in [6, 6.07) is 2.62. The third kappa shape index (κ3) is 5.52. The van der Waals surface area contributed by atoms with Crippen LogP contribution in [0.1, 0.15) is 52.4 Å². The molecule has 0 aromatic heterocycles. The normalized spacial score (nSPS) is 18.8. The van der Waals surface area contributed by atoms with Gasteiger partial charge in [0, 0.05) is 0 Å². The molecule has 0 spiro atoms. The average Bonchev–Trinajstić information content (AvgIpc) is 2.44. The van der Waals surface area contributed by atoms with Crippen LogP contribution in [-0.2, 0) is 0 Å². The van der Waals surface area contributed by atoms with Gasteiger partial charge in [-0.15, -0.1) is 6.58 Å². The van der Waals surface area contributed by atoms with Crippen LogP contribution in [0.3, 0.4) is 0 Å². The first kappa shape index (κ1) is 20.0. The fourth-order valence-corrected chi connectivity index (χ4v) is 8.75. The van der Waals surface area contributed by atoms with E-state index in [0.717, 1.165) is 5.54 Å². The van der Waals surface area contributed by atoms with Crippen molar-refractivity contribution >= 4 is 16.1 Å². The summed E-state index contributed by atoms with van der Waals surface area (Å²) in [6.45, 7) is 19.2. The molecule has 1 fully saturated rings. The molecule has 0 bridgehead atoms. The minimum absolute atomic E-state index is 0.466. The molecule has 1 aliphatic rings. The first-order valence-electron chi connectivity index (χ1n) is 9.38. The highest BCUT2D eigenvalue weighted by molar-refractivity contribution is 6.80. The molecule has 1 saturated carbocycles. The highest BCUT2D eigenvalue weighted by Gasteiger charge is 2.36. The highest BCUT2D eigenvalue weighted by Crippen LogP contribution is 2.43. The molecule has 0 aromatic carbocycles. The Hall–Kier alpha value is -0.0862. The van der Waals surface area contributed by atoms with Crippen LogP contribution in [0.4, 0.5) is 0 Å². The summed E-state index contributed by atoms with van der Waals surface area (Å²) in [5, 5.41) is 0.466. The van der Waals surface area contributed by atoms with Crippen LogP contribution in [0.2, 0.25) is 48.9 Å². The van der Waals surface area contributed by atoms with Gasteiger partial charge >= 0.3 is 0 Å². The number of rotatable bonds is 8. The van der Waals surface area contributed by atoms with Gasteiger partial charge in [0.05, 0.1) is 16.1 Å². The maximum Gasteiger partial charge on any atom is 0.0570 e. The Labute approximate surface area is 142 Å². The lowest BCUT2D eigenvalue weighted by atomic mass is 10.0. The smallest absolute Gasteiger partial charge is 0.0570 e. The standard InChI is InChI=1S/C20H40Si2/c1-8-17-22(6,7)20(2,3)16-12-13-18-21(4,5)19-14-10-9-11-15-19/h8,12-13,19H,1,9-11,14-18H2,2-7H3/b13-12-. The molecule has 0 amide bonds. The van der Waals surface area contributed by atoms with Crippen molar-refractivity contribution in [3.63, 3.8) is 0 Å². The minimum Gasteiger partial charge on any atom is -0.103 e. The van der Waals surface area contributed by atoms with E-state index < -0.39 is 16.1 Å². The highest BCUT2D eigenvalue weighted by atomic mass is 28.3. The third-order valence-electron chi connectivity index (χ3n) is 6.64. The monoisotopic (exact) mass is 336 g/mol. The van der Waals surface area contributed by atoms with Gasteiger partial charge < -0.3 is 0 Å². The zero-order chi connectivity index (χ0) is 16.9. The van der Waals surface area contributed by atoms with Crippen molar-refractivity contribution in [1.82, 2.24) is 0 Å². The van der Waals surface area contributed by atoms with Crippen LogP contribution < -0.4 is 0 Å². The maximum atomic E-state index is 3.96. The summed E-state index contributed by atoms with van der Waals surface area (Å²) in [4.78, 5) is 0. The third-order valence-corrected chi connectivity index (χ3v) is 15.9. The zero-order valence-electron chi connectivity index (χ0n) is 16.2. The molecular weight excluding hydrogens is 296 g/mol. The van der Waals surface area contributed by atoms with Crippen LogP contribution in [0.25, 0.3) is 0 Å². The Morgan fingerprint density at radius 2 is 1.55 bits per heavy atom. The lowest BCUT2D eigenvalue weighted by Crippen LogP contribution is -2.38. The van der Waals surface area contributed by atoms with E-state index in [1.807, 2.05) is 0 Å². The van der Waals surface area contributed by atoms with Gasteiger partial charge in [0.15, 0.2) is 0 Å². The van der Waals surface area contributed by atoms with Crippen molar-refractivity contribution in [2.75, 3.05) is 0 Å². The summed E-state index contributed by atoms with van der Waals surface area (Å²) < 4.78 is 0. The van der Waals surface area contributed by atoms with Crippen LogP contribution in [0, 0.1) is 0 Å². The summed E-state index contributed by atoms with van der Waals surface area (Å²) in [5.41, 5.74) is 1.07. The Kier molecular flexibility index (Phi) is 7.39. The Bertz CT molecular complexity index is 371. The fourth-order valence-electron chi connectivity index (χ4n) is 3.73. The molecule has 2 heteroatoms. The van der Waals surface area contributed by atoms with E-state index in [-0.39, 0.29) is 0 Å². The van der Waals surface area contributed by atoms with E-state index in [2.05, 4.69) is 64.8 Å². The SMILES string of the molecule is C=CC[Si](C)(C)C(C)(C)C/C=C\C[Si](C)(C)C1CCCCC1. The van der Waals surface area contributed by atoms with Crippen LogP contribution in [0.5, 0.6) is 0 Å². The molecule has 128 valence electrons. The molecule has 0 aromatic rings. The molecule has 0 N–H and O–H groups in total. The van der Waals surface area contributed by atoms with Gasteiger partial charge in [0.2, 0.25) is 0 Å². The molecule has 0 radical (unpaired) electrons. The predicted octanol–water partition coefficient (Wildman–Crippen LogP) is 7.65. The van der Waals surface area contributed by atoms with E-state index in [4.69, 9.17) is 0 Å². The van der Waals surface area contributed by atoms with Crippen molar-refractivity contribution in [1.29, 1.82) is 0 Å². The Morgan fingerprint density at radius 3 is 2.09 bits per heavy atom. The Balaban J connectivity index is 2.52. The molecular formula is C20H40Si2. The fraction of sp³-hybridized carbons (Fsp3) is 0.800. The van der Waals surface area contributed by atoms with Crippen LogP contribution >= 0.6 is 0 Å². The van der Waals surface area contributed by atoms with Crippen molar-refractivity contribution in [2.45, 2.75) is 101 Å². The largest absolute Gasteiger partial charge is 0.103 e. The van der Waals surface area contributed by atoms with Crippen molar-refractivity contribution in [2.24, 2.45) is 0 Å². The van der Waals surface area contributed by atoms with Gasteiger partial charge in [0.25, 0.3) is 0 Å². The molecule has 0 atom stereocenters. The molecule has 0 nitrogen and oxygen atoms in total. The molecule has 0 aliphatic heterocycles. The number of hydrogen-bond donors (Lipinski definition) is 0. The quantitative estimate of drug-likeness (QED) is 0.315. The first-order chi connectivity index (χ1) is 10.1. The van der Waals surface area contributed by atoms with Crippen molar-refractivity contribution < 1.29 is 0 Å². The summed E-state index contributed by atoms with van der Waals surface area (Å²) >= 11 is 0. The molecule has 0 unspecified atom stereocenters. The summed E-state index contributed by atoms with van der Waals surface area (Å²) in [6.07, 6.45) is 15.9. The number of hydrogen-bond acceptors (Lipinski definition) is 0. The Morgan fingerprint density at radius 1 is 0.955 bits per heavy atom. The van der Waals surface area contributed by atoms with Crippen LogP contribution in [0.15, 0.2) is 24.8 Å². The second-order valence-electron chi connectivity index (χ2n) is 9.46. The van der Waals surface area contributed by atoms with Gasteiger partial charge in [-0.1, -0.05) is 90.4 Å². The molecule has 22 heavy (non-hydrogen) atoms. The van der Waals surface area contributed by atoms with E-state index in [1.54, 1.807) is 0 Å². The summed E-state index contributed by atoms with van der Waals surface area (Å²) in [7, 11) is -2.27. The minimum atomic E-state index is -1.22. The van der Waals surface area contributed by atoms with Gasteiger partial charge in [-0.3, -0.25) is 0 Å². The van der Waals surface area contributed by atoms with Gasteiger partial charge in [-0.05, 0) is 29.1 Å². The predicted molar refractivity (Wildman–Crippen MR) is 109 cm³/mol. The van der Waals surface area contributed by atoms with E-state index in [1.165, 1.54) is 50.6 Å². The van der Waals surface area contributed by atoms with Crippen molar-refractivity contribution in [3.8, 4) is 0 Å². The molecule has 1 aliphatic carbocycles. The lowest BCUT2D eigenvalue weighted by molar-refractivity contribution is 0.492. The topological polar surface area (TPSA) is 0 Å².